The first-order chi connectivity index (χ1) is 14.0. The number of nitrogens with zero attached hydrogens (tertiary/aromatic N) is 2. The zero-order valence-corrected chi connectivity index (χ0v) is 16.9. The van der Waals surface area contributed by atoms with Crippen LogP contribution in [-0.4, -0.2) is 42.7 Å². The van der Waals surface area contributed by atoms with Gasteiger partial charge in [0, 0.05) is 35.8 Å². The van der Waals surface area contributed by atoms with Gasteiger partial charge < -0.3 is 14.2 Å². The molecule has 0 radical (unpaired) electrons. The highest BCUT2D eigenvalue weighted by Gasteiger charge is 2.36. The minimum Gasteiger partial charge on any atom is -0.488 e. The minimum absolute atomic E-state index is 0.0380. The molecule has 1 atom stereocenters. The number of rotatable bonds is 5. The van der Waals surface area contributed by atoms with Gasteiger partial charge in [0.1, 0.15) is 23.9 Å². The van der Waals surface area contributed by atoms with E-state index in [9.17, 15) is 10.1 Å². The van der Waals surface area contributed by atoms with Crippen molar-refractivity contribution in [2.75, 3.05) is 32.9 Å². The number of hydrogen-bond donors (Lipinski definition) is 0. The van der Waals surface area contributed by atoms with Gasteiger partial charge in [0.05, 0.1) is 29.2 Å². The minimum atomic E-state index is -0.399. The summed E-state index contributed by atoms with van der Waals surface area (Å²) in [6.45, 7) is 2.85. The SMILES string of the molecule is O=[N+]([O-])c1ccc2c(c1)[C@@H](N1CCOCC1)/C(=C/COc1ccc(Cl)cc1Cl)O2. The quantitative estimate of drug-likeness (QED) is 0.502. The van der Waals surface area contributed by atoms with Gasteiger partial charge in [-0.2, -0.15) is 0 Å². The van der Waals surface area contributed by atoms with Gasteiger partial charge in [-0.3, -0.25) is 15.0 Å². The van der Waals surface area contributed by atoms with Crippen LogP contribution in [0.3, 0.4) is 0 Å². The highest BCUT2D eigenvalue weighted by molar-refractivity contribution is 6.35. The third kappa shape index (κ3) is 4.33. The Labute approximate surface area is 177 Å². The number of nitro groups is 1. The second-order valence-corrected chi connectivity index (χ2v) is 7.47. The molecule has 0 N–H and O–H groups in total. The Morgan fingerprint density at radius 3 is 2.72 bits per heavy atom. The molecule has 29 heavy (non-hydrogen) atoms. The van der Waals surface area contributed by atoms with Gasteiger partial charge >= 0.3 is 0 Å². The molecule has 0 saturated carbocycles. The first kappa shape index (κ1) is 20.0. The van der Waals surface area contributed by atoms with Crippen molar-refractivity contribution in [2.45, 2.75) is 6.04 Å². The maximum Gasteiger partial charge on any atom is 0.270 e. The van der Waals surface area contributed by atoms with Crippen molar-refractivity contribution >= 4 is 28.9 Å². The zero-order valence-electron chi connectivity index (χ0n) is 15.3. The molecule has 1 fully saturated rings. The van der Waals surface area contributed by atoms with Gasteiger partial charge in [0.2, 0.25) is 0 Å². The van der Waals surface area contributed by atoms with Gasteiger partial charge in [0.15, 0.2) is 0 Å². The summed E-state index contributed by atoms with van der Waals surface area (Å²) in [5.74, 6) is 1.80. The van der Waals surface area contributed by atoms with E-state index in [-0.39, 0.29) is 18.3 Å². The zero-order chi connectivity index (χ0) is 20.4. The third-order valence-electron chi connectivity index (χ3n) is 4.82. The number of halogens is 2. The Morgan fingerprint density at radius 1 is 1.21 bits per heavy atom. The Kier molecular flexibility index (Phi) is 5.91. The van der Waals surface area contributed by atoms with Crippen molar-refractivity contribution in [3.63, 3.8) is 0 Å². The van der Waals surface area contributed by atoms with Crippen LogP contribution in [0, 0.1) is 10.1 Å². The summed E-state index contributed by atoms with van der Waals surface area (Å²) in [4.78, 5) is 13.0. The maximum absolute atomic E-state index is 11.2. The van der Waals surface area contributed by atoms with Gasteiger partial charge in [-0.1, -0.05) is 23.2 Å². The van der Waals surface area contributed by atoms with E-state index in [4.69, 9.17) is 37.4 Å². The summed E-state index contributed by atoms with van der Waals surface area (Å²) in [6.07, 6.45) is 1.83. The van der Waals surface area contributed by atoms with Gasteiger partial charge in [-0.25, -0.2) is 0 Å². The van der Waals surface area contributed by atoms with E-state index in [0.717, 1.165) is 5.56 Å². The molecule has 0 amide bonds. The van der Waals surface area contributed by atoms with Crippen molar-refractivity contribution in [1.82, 2.24) is 4.90 Å². The van der Waals surface area contributed by atoms with E-state index in [1.807, 2.05) is 6.08 Å². The van der Waals surface area contributed by atoms with Gasteiger partial charge in [0.25, 0.3) is 5.69 Å². The summed E-state index contributed by atoms with van der Waals surface area (Å²) in [5, 5.41) is 12.2. The second kappa shape index (κ2) is 8.59. The predicted octanol–water partition coefficient (Wildman–Crippen LogP) is 4.63. The van der Waals surface area contributed by atoms with Crippen LogP contribution < -0.4 is 9.47 Å². The Morgan fingerprint density at radius 2 is 2.00 bits per heavy atom. The Bertz CT molecular complexity index is 960. The summed E-state index contributed by atoms with van der Waals surface area (Å²) in [7, 11) is 0. The molecule has 0 bridgehead atoms. The molecule has 2 heterocycles. The van der Waals surface area contributed by atoms with E-state index >= 15 is 0 Å². The number of hydrogen-bond acceptors (Lipinski definition) is 6. The highest BCUT2D eigenvalue weighted by Crippen LogP contribution is 2.44. The van der Waals surface area contributed by atoms with Gasteiger partial charge in [-0.15, -0.1) is 0 Å². The molecule has 4 rings (SSSR count). The monoisotopic (exact) mass is 436 g/mol. The van der Waals surface area contributed by atoms with Crippen molar-refractivity contribution < 1.29 is 19.1 Å². The topological polar surface area (TPSA) is 74.1 Å². The lowest BCUT2D eigenvalue weighted by molar-refractivity contribution is -0.384. The Balaban J connectivity index is 1.59. The number of nitro benzene ring substituents is 1. The van der Waals surface area contributed by atoms with E-state index in [2.05, 4.69) is 4.90 Å². The molecule has 152 valence electrons. The molecule has 0 aromatic heterocycles. The number of morpholine rings is 1. The highest BCUT2D eigenvalue weighted by atomic mass is 35.5. The molecule has 2 aromatic carbocycles. The number of fused-ring (bicyclic) bond motifs is 1. The summed E-state index contributed by atoms with van der Waals surface area (Å²) in [5.41, 5.74) is 0.813. The first-order valence-electron chi connectivity index (χ1n) is 9.09. The van der Waals surface area contributed by atoms with Gasteiger partial charge in [-0.05, 0) is 30.3 Å². The molecule has 9 heteroatoms. The molecule has 2 aliphatic rings. The molecular weight excluding hydrogens is 419 g/mol. The normalized spacial score (nSPS) is 20.3. The molecule has 1 saturated heterocycles. The molecule has 0 spiro atoms. The molecular formula is C20H18Cl2N2O5. The summed E-state index contributed by atoms with van der Waals surface area (Å²) >= 11 is 12.1. The fraction of sp³-hybridized carbons (Fsp3) is 0.300. The molecule has 0 unspecified atom stereocenters. The fourth-order valence-electron chi connectivity index (χ4n) is 3.46. The first-order valence-corrected chi connectivity index (χ1v) is 9.84. The number of benzene rings is 2. The standard InChI is InChI=1S/C20H18Cl2N2O5/c21-13-1-3-18(16(22)11-13)28-8-5-19-20(23-6-9-27-10-7-23)15-12-14(24(25)26)2-4-17(15)29-19/h1-5,11-12,20H,6-10H2/b19-5-/t20-/m1/s1. The number of non-ortho nitro benzene ring substituents is 1. The Hall–Kier alpha value is -2.32. The average molecular weight is 437 g/mol. The lowest BCUT2D eigenvalue weighted by Crippen LogP contribution is -2.39. The van der Waals surface area contributed by atoms with Crippen LogP contribution in [0.1, 0.15) is 11.6 Å². The summed E-state index contributed by atoms with van der Waals surface area (Å²) < 4.78 is 17.2. The van der Waals surface area contributed by atoms with Crippen molar-refractivity contribution in [3.05, 3.63) is 74.0 Å². The average Bonchev–Trinajstić information content (AvgIpc) is 3.07. The third-order valence-corrected chi connectivity index (χ3v) is 5.35. The molecule has 7 nitrogen and oxygen atoms in total. The molecule has 2 aliphatic heterocycles. The fourth-order valence-corrected chi connectivity index (χ4v) is 3.93. The lowest BCUT2D eigenvalue weighted by Gasteiger charge is -2.32. The summed E-state index contributed by atoms with van der Waals surface area (Å²) in [6, 6.07) is 9.46. The lowest BCUT2D eigenvalue weighted by atomic mass is 10.0. The van der Waals surface area contributed by atoms with Crippen molar-refractivity contribution in [3.8, 4) is 11.5 Å². The van der Waals surface area contributed by atoms with Crippen LogP contribution in [0.4, 0.5) is 5.69 Å². The second-order valence-electron chi connectivity index (χ2n) is 6.62. The van der Waals surface area contributed by atoms with E-state index in [1.54, 1.807) is 30.3 Å². The van der Waals surface area contributed by atoms with E-state index < -0.39 is 4.92 Å². The van der Waals surface area contributed by atoms with Crippen LogP contribution in [0.15, 0.2) is 48.2 Å². The molecule has 0 aliphatic carbocycles. The largest absolute Gasteiger partial charge is 0.488 e. The van der Waals surface area contributed by atoms with Crippen molar-refractivity contribution in [1.29, 1.82) is 0 Å². The maximum atomic E-state index is 11.2. The number of ether oxygens (including phenoxy) is 3. The van der Waals surface area contributed by atoms with E-state index in [0.29, 0.717) is 53.6 Å². The molecule has 2 aromatic rings. The predicted molar refractivity (Wildman–Crippen MR) is 109 cm³/mol. The smallest absolute Gasteiger partial charge is 0.270 e. The van der Waals surface area contributed by atoms with E-state index in [1.165, 1.54) is 6.07 Å². The van der Waals surface area contributed by atoms with Crippen LogP contribution in [-0.2, 0) is 4.74 Å². The van der Waals surface area contributed by atoms with Crippen molar-refractivity contribution in [2.24, 2.45) is 0 Å². The van der Waals surface area contributed by atoms with Crippen LogP contribution in [0.25, 0.3) is 0 Å². The van der Waals surface area contributed by atoms with Crippen LogP contribution in [0.5, 0.6) is 11.5 Å². The van der Waals surface area contributed by atoms with Crippen LogP contribution in [0.2, 0.25) is 10.0 Å². The van der Waals surface area contributed by atoms with Crippen LogP contribution >= 0.6 is 23.2 Å².